The summed E-state index contributed by atoms with van der Waals surface area (Å²) in [4.78, 5) is 17.0. The van der Waals surface area contributed by atoms with E-state index in [1.54, 1.807) is 6.08 Å². The predicted molar refractivity (Wildman–Crippen MR) is 73.7 cm³/mol. The molecular weight excluding hydrogens is 267 g/mol. The van der Waals surface area contributed by atoms with E-state index in [-0.39, 0.29) is 24.2 Å². The number of anilines is 1. The number of carbonyl (C=O) groups excluding carboxylic acids is 1. The van der Waals surface area contributed by atoms with Gasteiger partial charge in [-0.15, -0.1) is 6.58 Å². The van der Waals surface area contributed by atoms with Crippen LogP contribution in [0.2, 0.25) is 0 Å². The smallest absolute Gasteiger partial charge is 0.265 e. The van der Waals surface area contributed by atoms with Crippen LogP contribution in [0, 0.1) is 5.82 Å². The lowest BCUT2D eigenvalue weighted by Crippen LogP contribution is -2.43. The Hall–Kier alpha value is -2.04. The molecule has 6 heteroatoms. The van der Waals surface area contributed by atoms with E-state index in [4.69, 9.17) is 4.74 Å². The Kier molecular flexibility index (Phi) is 3.74. The summed E-state index contributed by atoms with van der Waals surface area (Å²) in [5.41, 5.74) is 0.474. The van der Waals surface area contributed by atoms with Gasteiger partial charge in [0.15, 0.2) is 12.4 Å². The molecule has 1 atom stereocenters. The van der Waals surface area contributed by atoms with E-state index in [9.17, 15) is 9.18 Å². The number of halogens is 1. The van der Waals surface area contributed by atoms with Crippen LogP contribution >= 0.6 is 12.2 Å². The first kappa shape index (κ1) is 13.4. The molecule has 0 spiro atoms. The normalized spacial score (nSPS) is 15.1. The van der Waals surface area contributed by atoms with Crippen molar-refractivity contribution in [2.24, 2.45) is 4.99 Å². The van der Waals surface area contributed by atoms with Crippen LogP contribution in [0.1, 0.15) is 6.92 Å². The highest BCUT2D eigenvalue weighted by Gasteiger charge is 2.29. The largest absolute Gasteiger partial charge is 0.481 e. The Bertz CT molecular complexity index is 597. The molecule has 4 nitrogen and oxygen atoms in total. The van der Waals surface area contributed by atoms with E-state index in [0.717, 1.165) is 0 Å². The molecule has 1 aliphatic heterocycles. The molecule has 1 aromatic carbocycles. The average Bonchev–Trinajstić information content (AvgIpc) is 2.40. The van der Waals surface area contributed by atoms with Gasteiger partial charge < -0.3 is 4.74 Å². The molecule has 1 aliphatic rings. The maximum Gasteiger partial charge on any atom is 0.265 e. The first-order valence-corrected chi connectivity index (χ1v) is 5.98. The third kappa shape index (κ3) is 2.41. The molecule has 1 aromatic rings. The number of ether oxygens (including phenoxy) is 1. The quantitative estimate of drug-likeness (QED) is 0.485. The molecule has 0 radical (unpaired) electrons. The molecule has 1 heterocycles. The standard InChI is InChI=1S/C13H11FN2O2S/c1-3-8(2)16-11-5-10(15-7-19)9(14)4-12(11)18-6-13(16)17/h3-5,8H,1,6H2,2H3. The molecule has 0 aliphatic carbocycles. The van der Waals surface area contributed by atoms with Gasteiger partial charge in [-0.05, 0) is 25.2 Å². The number of benzene rings is 1. The Labute approximate surface area is 115 Å². The van der Waals surface area contributed by atoms with E-state index in [1.165, 1.54) is 17.0 Å². The third-order valence-electron chi connectivity index (χ3n) is 2.82. The molecule has 0 bridgehead atoms. The maximum atomic E-state index is 13.7. The van der Waals surface area contributed by atoms with Crippen LogP contribution in [0.3, 0.4) is 0 Å². The highest BCUT2D eigenvalue weighted by Crippen LogP contribution is 2.38. The van der Waals surface area contributed by atoms with Crippen molar-refractivity contribution in [2.75, 3.05) is 11.5 Å². The summed E-state index contributed by atoms with van der Waals surface area (Å²) in [6, 6.07) is 2.38. The number of nitrogens with zero attached hydrogens (tertiary/aromatic N) is 2. The average molecular weight is 278 g/mol. The van der Waals surface area contributed by atoms with E-state index in [2.05, 4.69) is 29.0 Å². The van der Waals surface area contributed by atoms with Crippen LogP contribution in [0.5, 0.6) is 5.75 Å². The Balaban J connectivity index is 2.59. The van der Waals surface area contributed by atoms with E-state index >= 15 is 0 Å². The number of aliphatic imine (C=N–C) groups is 1. The monoisotopic (exact) mass is 278 g/mol. The Morgan fingerprint density at radius 3 is 3.05 bits per heavy atom. The highest BCUT2D eigenvalue weighted by atomic mass is 32.1. The van der Waals surface area contributed by atoms with Crippen LogP contribution in [0.4, 0.5) is 15.8 Å². The Morgan fingerprint density at radius 1 is 1.68 bits per heavy atom. The van der Waals surface area contributed by atoms with Gasteiger partial charge >= 0.3 is 0 Å². The van der Waals surface area contributed by atoms with Crippen LogP contribution in [0.25, 0.3) is 0 Å². The highest BCUT2D eigenvalue weighted by molar-refractivity contribution is 7.78. The molecular formula is C13H11FN2O2S. The zero-order valence-electron chi connectivity index (χ0n) is 10.2. The van der Waals surface area contributed by atoms with Gasteiger partial charge in [-0.1, -0.05) is 6.08 Å². The maximum absolute atomic E-state index is 13.7. The molecule has 0 saturated heterocycles. The van der Waals surface area contributed by atoms with Gasteiger partial charge in [0.1, 0.15) is 11.4 Å². The Morgan fingerprint density at radius 2 is 2.42 bits per heavy atom. The first-order valence-electron chi connectivity index (χ1n) is 5.57. The number of fused-ring (bicyclic) bond motifs is 1. The van der Waals surface area contributed by atoms with Crippen LogP contribution in [-0.2, 0) is 4.79 Å². The SMILES string of the molecule is C=CC(C)N1C(=O)COc2cc(F)c(N=C=S)cc21. The fraction of sp³-hybridized carbons (Fsp3) is 0.231. The summed E-state index contributed by atoms with van der Waals surface area (Å²) in [5, 5.41) is 2.10. The summed E-state index contributed by atoms with van der Waals surface area (Å²) in [7, 11) is 0. The second kappa shape index (κ2) is 5.30. The van der Waals surface area contributed by atoms with Crippen molar-refractivity contribution >= 4 is 34.7 Å². The predicted octanol–water partition coefficient (Wildman–Crippen LogP) is 2.86. The lowest BCUT2D eigenvalue weighted by atomic mass is 10.1. The number of isothiocyanates is 1. The van der Waals surface area contributed by atoms with Crippen LogP contribution < -0.4 is 9.64 Å². The lowest BCUT2D eigenvalue weighted by molar-refractivity contribution is -0.121. The molecule has 2 rings (SSSR count). The minimum atomic E-state index is -0.573. The van der Waals surface area contributed by atoms with Crippen molar-refractivity contribution in [3.63, 3.8) is 0 Å². The lowest BCUT2D eigenvalue weighted by Gasteiger charge is -2.32. The summed E-state index contributed by atoms with van der Waals surface area (Å²) in [5.74, 6) is -0.491. The van der Waals surface area contributed by atoms with Crippen molar-refractivity contribution in [3.05, 3.63) is 30.6 Å². The van der Waals surface area contributed by atoms with Crippen molar-refractivity contribution in [1.82, 2.24) is 0 Å². The zero-order chi connectivity index (χ0) is 14.0. The number of thiocarbonyl (C=S) groups is 1. The van der Waals surface area contributed by atoms with E-state index < -0.39 is 5.82 Å². The summed E-state index contributed by atoms with van der Waals surface area (Å²) < 4.78 is 18.9. The number of carbonyl (C=O) groups is 1. The van der Waals surface area contributed by atoms with Crippen LogP contribution in [0.15, 0.2) is 29.8 Å². The minimum absolute atomic E-state index is 0.0216. The summed E-state index contributed by atoms with van der Waals surface area (Å²) in [6.45, 7) is 5.34. The second-order valence-electron chi connectivity index (χ2n) is 4.00. The van der Waals surface area contributed by atoms with Gasteiger partial charge in [-0.25, -0.2) is 4.39 Å². The molecule has 19 heavy (non-hydrogen) atoms. The van der Waals surface area contributed by atoms with Crippen molar-refractivity contribution in [3.8, 4) is 5.75 Å². The van der Waals surface area contributed by atoms with Gasteiger partial charge in [-0.2, -0.15) is 4.99 Å². The molecule has 0 fully saturated rings. The van der Waals surface area contributed by atoms with Crippen molar-refractivity contribution in [2.45, 2.75) is 13.0 Å². The van der Waals surface area contributed by atoms with E-state index in [0.29, 0.717) is 11.4 Å². The number of hydrogen-bond donors (Lipinski definition) is 0. The molecule has 98 valence electrons. The third-order valence-corrected chi connectivity index (χ3v) is 2.91. The van der Waals surface area contributed by atoms with Crippen molar-refractivity contribution < 1.29 is 13.9 Å². The second-order valence-corrected chi connectivity index (χ2v) is 4.19. The number of amides is 1. The molecule has 1 amide bonds. The molecule has 0 saturated carbocycles. The zero-order valence-corrected chi connectivity index (χ0v) is 11.0. The first-order chi connectivity index (χ1) is 9.08. The van der Waals surface area contributed by atoms with Gasteiger partial charge in [0.2, 0.25) is 0 Å². The summed E-state index contributed by atoms with van der Waals surface area (Å²) >= 11 is 4.46. The van der Waals surface area contributed by atoms with Crippen molar-refractivity contribution in [1.29, 1.82) is 0 Å². The number of rotatable bonds is 3. The molecule has 0 N–H and O–H groups in total. The molecule has 0 aromatic heterocycles. The van der Waals surface area contributed by atoms with Crippen LogP contribution in [-0.4, -0.2) is 23.7 Å². The molecule has 1 unspecified atom stereocenters. The van der Waals surface area contributed by atoms with Gasteiger partial charge in [-0.3, -0.25) is 9.69 Å². The topological polar surface area (TPSA) is 41.9 Å². The minimum Gasteiger partial charge on any atom is -0.481 e. The fourth-order valence-electron chi connectivity index (χ4n) is 1.87. The van der Waals surface area contributed by atoms with Gasteiger partial charge in [0, 0.05) is 6.07 Å². The van der Waals surface area contributed by atoms with E-state index in [1.807, 2.05) is 6.92 Å². The number of hydrogen-bond acceptors (Lipinski definition) is 4. The summed E-state index contributed by atoms with van der Waals surface area (Å²) in [6.07, 6.45) is 1.62. The van der Waals surface area contributed by atoms with Gasteiger partial charge in [0.05, 0.1) is 16.9 Å². The van der Waals surface area contributed by atoms with Gasteiger partial charge in [0.25, 0.3) is 5.91 Å². The fourth-order valence-corrected chi connectivity index (χ4v) is 1.96.